The first kappa shape index (κ1) is 22.1. The molecule has 0 amide bonds. The van der Waals surface area contributed by atoms with Gasteiger partial charge in [-0.15, -0.1) is 0 Å². The fraction of sp³-hybridized carbons (Fsp3) is 0.138. The Morgan fingerprint density at radius 1 is 0.667 bits per heavy atom. The van der Waals surface area contributed by atoms with E-state index in [-0.39, 0.29) is 11.7 Å². The van der Waals surface area contributed by atoms with Gasteiger partial charge in [0.05, 0.1) is 11.6 Å². The molecule has 3 nitrogen and oxygen atoms in total. The predicted octanol–water partition coefficient (Wildman–Crippen LogP) is 7.01. The molecule has 0 fully saturated rings. The number of nitrogens with zero attached hydrogens (tertiary/aromatic N) is 1. The Balaban J connectivity index is 1.31. The average molecular weight is 438 g/mol. The van der Waals surface area contributed by atoms with Gasteiger partial charge in [-0.1, -0.05) is 55.5 Å². The van der Waals surface area contributed by atoms with Gasteiger partial charge in [-0.05, 0) is 70.8 Å². The minimum absolute atomic E-state index is 0.255. The van der Waals surface area contributed by atoms with Crippen LogP contribution in [0.15, 0.2) is 97.1 Å². The van der Waals surface area contributed by atoms with E-state index in [0.29, 0.717) is 24.5 Å². The molecule has 0 spiro atoms. The fourth-order valence-corrected chi connectivity index (χ4v) is 3.49. The number of hydrogen-bond donors (Lipinski definition) is 0. The fourth-order valence-electron chi connectivity index (χ4n) is 3.49. The zero-order valence-electron chi connectivity index (χ0n) is 18.4. The highest BCUT2D eigenvalue weighted by molar-refractivity contribution is 5.36. The van der Waals surface area contributed by atoms with Gasteiger partial charge < -0.3 is 9.47 Å². The maximum absolute atomic E-state index is 13.0. The molecule has 0 aromatic heterocycles. The Labute approximate surface area is 193 Å². The molecular weight excluding hydrogens is 413 g/mol. The molecule has 33 heavy (non-hydrogen) atoms. The molecule has 0 aliphatic carbocycles. The van der Waals surface area contributed by atoms with Gasteiger partial charge in [0.15, 0.2) is 0 Å². The SMILES string of the molecule is CC(c1ccc(COc2ccc(F)cc2)cc1)c1ccc(COc2ccc(C#N)cc2)cc1. The Morgan fingerprint density at radius 2 is 1.09 bits per heavy atom. The van der Waals surface area contributed by atoms with Crippen LogP contribution >= 0.6 is 0 Å². The van der Waals surface area contributed by atoms with Crippen molar-refractivity contribution in [2.45, 2.75) is 26.1 Å². The van der Waals surface area contributed by atoms with E-state index in [1.807, 2.05) is 12.1 Å². The molecule has 4 rings (SSSR count). The van der Waals surface area contributed by atoms with Gasteiger partial charge in [-0.25, -0.2) is 4.39 Å². The lowest BCUT2D eigenvalue weighted by Crippen LogP contribution is -2.00. The maximum Gasteiger partial charge on any atom is 0.123 e. The quantitative estimate of drug-likeness (QED) is 0.298. The van der Waals surface area contributed by atoms with Crippen molar-refractivity contribution < 1.29 is 13.9 Å². The largest absolute Gasteiger partial charge is 0.489 e. The highest BCUT2D eigenvalue weighted by Gasteiger charge is 2.09. The topological polar surface area (TPSA) is 42.2 Å². The maximum atomic E-state index is 13.0. The molecule has 0 saturated carbocycles. The first-order valence-corrected chi connectivity index (χ1v) is 10.8. The Bertz CT molecular complexity index is 1210. The zero-order chi connectivity index (χ0) is 23.0. The van der Waals surface area contributed by atoms with Gasteiger partial charge >= 0.3 is 0 Å². The minimum atomic E-state index is -0.271. The van der Waals surface area contributed by atoms with Crippen LogP contribution in [0.1, 0.15) is 40.7 Å². The molecule has 164 valence electrons. The molecule has 4 aromatic rings. The highest BCUT2D eigenvalue weighted by atomic mass is 19.1. The van der Waals surface area contributed by atoms with Gasteiger partial charge in [0.1, 0.15) is 30.5 Å². The Hall–Kier alpha value is -4.10. The van der Waals surface area contributed by atoms with Crippen LogP contribution in [0.25, 0.3) is 0 Å². The molecule has 1 unspecified atom stereocenters. The van der Waals surface area contributed by atoms with Crippen LogP contribution in [0.5, 0.6) is 11.5 Å². The average Bonchev–Trinajstić information content (AvgIpc) is 2.87. The van der Waals surface area contributed by atoms with Crippen molar-refractivity contribution in [3.8, 4) is 17.6 Å². The van der Waals surface area contributed by atoms with E-state index in [2.05, 4.69) is 61.5 Å². The second kappa shape index (κ2) is 10.5. The molecule has 0 aliphatic heterocycles. The smallest absolute Gasteiger partial charge is 0.123 e. The van der Waals surface area contributed by atoms with Gasteiger partial charge in [0.2, 0.25) is 0 Å². The van der Waals surface area contributed by atoms with Gasteiger partial charge in [-0.2, -0.15) is 5.26 Å². The summed E-state index contributed by atoms with van der Waals surface area (Å²) in [5.74, 6) is 1.38. The Kier molecular flexibility index (Phi) is 7.02. The van der Waals surface area contributed by atoms with Crippen LogP contribution in [0.3, 0.4) is 0 Å². The summed E-state index contributed by atoms with van der Waals surface area (Å²) in [5, 5.41) is 8.87. The predicted molar refractivity (Wildman–Crippen MR) is 127 cm³/mol. The molecule has 0 bridgehead atoms. The lowest BCUT2D eigenvalue weighted by molar-refractivity contribution is 0.305. The molecule has 0 saturated heterocycles. The van der Waals surface area contributed by atoms with Crippen molar-refractivity contribution in [3.05, 3.63) is 131 Å². The van der Waals surface area contributed by atoms with Crippen LogP contribution in [0.2, 0.25) is 0 Å². The van der Waals surface area contributed by atoms with E-state index in [1.165, 1.54) is 23.3 Å². The summed E-state index contributed by atoms with van der Waals surface area (Å²) in [6.07, 6.45) is 0. The lowest BCUT2D eigenvalue weighted by atomic mass is 9.92. The number of rotatable bonds is 8. The normalized spacial score (nSPS) is 11.4. The van der Waals surface area contributed by atoms with E-state index >= 15 is 0 Å². The van der Waals surface area contributed by atoms with E-state index in [1.54, 1.807) is 24.3 Å². The molecule has 4 aromatic carbocycles. The van der Waals surface area contributed by atoms with Crippen LogP contribution in [-0.4, -0.2) is 0 Å². The third-order valence-corrected chi connectivity index (χ3v) is 5.57. The van der Waals surface area contributed by atoms with Crippen molar-refractivity contribution in [1.82, 2.24) is 0 Å². The molecular formula is C29H24FNO2. The zero-order valence-corrected chi connectivity index (χ0v) is 18.4. The number of hydrogen-bond acceptors (Lipinski definition) is 3. The van der Waals surface area contributed by atoms with Crippen molar-refractivity contribution in [2.24, 2.45) is 0 Å². The van der Waals surface area contributed by atoms with Crippen LogP contribution in [0, 0.1) is 17.1 Å². The second-order valence-electron chi connectivity index (χ2n) is 7.87. The molecule has 0 N–H and O–H groups in total. The number of nitriles is 1. The van der Waals surface area contributed by atoms with E-state index < -0.39 is 0 Å². The first-order chi connectivity index (χ1) is 16.1. The molecule has 0 heterocycles. The standard InChI is InChI=1S/C29H24FNO2/c1-21(26-10-4-24(5-11-26)20-33-29-16-12-27(30)13-17-29)25-8-2-23(3-9-25)19-32-28-14-6-22(18-31)7-15-28/h2-17,21H,19-20H2,1H3. The summed E-state index contributed by atoms with van der Waals surface area (Å²) >= 11 is 0. The third kappa shape index (κ3) is 5.99. The summed E-state index contributed by atoms with van der Waals surface area (Å²) in [6, 6.07) is 32.1. The molecule has 4 heteroatoms. The van der Waals surface area contributed by atoms with E-state index in [9.17, 15) is 4.39 Å². The molecule has 1 atom stereocenters. The highest BCUT2D eigenvalue weighted by Crippen LogP contribution is 2.25. The van der Waals surface area contributed by atoms with Crippen LogP contribution in [-0.2, 0) is 13.2 Å². The van der Waals surface area contributed by atoms with Gasteiger partial charge in [-0.3, -0.25) is 0 Å². The molecule has 0 aliphatic rings. The lowest BCUT2D eigenvalue weighted by Gasteiger charge is -2.14. The van der Waals surface area contributed by atoms with E-state index in [4.69, 9.17) is 14.7 Å². The Morgan fingerprint density at radius 3 is 1.52 bits per heavy atom. The number of benzene rings is 4. The van der Waals surface area contributed by atoms with Crippen LogP contribution in [0.4, 0.5) is 4.39 Å². The number of ether oxygens (including phenoxy) is 2. The number of halogens is 1. The summed E-state index contributed by atoms with van der Waals surface area (Å²) in [7, 11) is 0. The van der Waals surface area contributed by atoms with Gasteiger partial charge in [0.25, 0.3) is 0 Å². The minimum Gasteiger partial charge on any atom is -0.489 e. The van der Waals surface area contributed by atoms with Gasteiger partial charge in [0, 0.05) is 5.92 Å². The molecule has 0 radical (unpaired) electrons. The monoisotopic (exact) mass is 437 g/mol. The van der Waals surface area contributed by atoms with Crippen molar-refractivity contribution >= 4 is 0 Å². The summed E-state index contributed by atoms with van der Waals surface area (Å²) in [4.78, 5) is 0. The summed E-state index contributed by atoms with van der Waals surface area (Å²) in [6.45, 7) is 3.10. The van der Waals surface area contributed by atoms with Crippen molar-refractivity contribution in [1.29, 1.82) is 5.26 Å². The summed E-state index contributed by atoms with van der Waals surface area (Å²) < 4.78 is 24.5. The third-order valence-electron chi connectivity index (χ3n) is 5.57. The van der Waals surface area contributed by atoms with Crippen molar-refractivity contribution in [3.63, 3.8) is 0 Å². The second-order valence-corrected chi connectivity index (χ2v) is 7.87. The summed E-state index contributed by atoms with van der Waals surface area (Å²) in [5.41, 5.74) is 5.22. The van der Waals surface area contributed by atoms with Crippen molar-refractivity contribution in [2.75, 3.05) is 0 Å². The van der Waals surface area contributed by atoms with Crippen LogP contribution < -0.4 is 9.47 Å². The van der Waals surface area contributed by atoms with E-state index in [0.717, 1.165) is 16.9 Å². The first-order valence-electron chi connectivity index (χ1n) is 10.8.